The molecule has 0 aromatic heterocycles. The van der Waals surface area contributed by atoms with E-state index in [4.69, 9.17) is 34.8 Å². The first kappa shape index (κ1) is 21.9. The van der Waals surface area contributed by atoms with E-state index in [9.17, 15) is 0 Å². The Kier molecular flexibility index (Phi) is 6.66. The van der Waals surface area contributed by atoms with Gasteiger partial charge in [0.15, 0.2) is 0 Å². The highest BCUT2D eigenvalue weighted by Gasteiger charge is 2.31. The minimum atomic E-state index is 0.0863. The summed E-state index contributed by atoms with van der Waals surface area (Å²) in [6.45, 7) is 6.84. The lowest BCUT2D eigenvalue weighted by Gasteiger charge is -2.45. The number of anilines is 2. The van der Waals surface area contributed by atoms with Gasteiger partial charge in [-0.1, -0.05) is 71.7 Å². The van der Waals surface area contributed by atoms with Crippen LogP contribution in [0.25, 0.3) is 5.70 Å². The molecule has 1 aliphatic rings. The highest BCUT2D eigenvalue weighted by Crippen LogP contribution is 2.38. The summed E-state index contributed by atoms with van der Waals surface area (Å²) in [5, 5.41) is 5.28. The Bertz CT molecular complexity index is 1080. The Labute approximate surface area is 198 Å². The van der Waals surface area contributed by atoms with Gasteiger partial charge in [-0.25, -0.2) is 0 Å². The van der Waals surface area contributed by atoms with Crippen LogP contribution in [0.3, 0.4) is 0 Å². The largest absolute Gasteiger partial charge is 0.388 e. The Morgan fingerprint density at radius 3 is 2.35 bits per heavy atom. The van der Waals surface area contributed by atoms with Gasteiger partial charge in [0, 0.05) is 53.7 Å². The highest BCUT2D eigenvalue weighted by molar-refractivity contribution is 6.36. The van der Waals surface area contributed by atoms with Crippen LogP contribution in [0.1, 0.15) is 17.2 Å². The molecular weight excluding hydrogens is 449 g/mol. The van der Waals surface area contributed by atoms with Gasteiger partial charge in [-0.15, -0.1) is 0 Å². The maximum atomic E-state index is 6.59. The molecule has 0 saturated carbocycles. The van der Waals surface area contributed by atoms with Crippen LogP contribution in [0.4, 0.5) is 11.4 Å². The molecule has 3 nitrogen and oxygen atoms in total. The second kappa shape index (κ2) is 9.44. The van der Waals surface area contributed by atoms with Crippen molar-refractivity contribution >= 4 is 51.9 Å². The zero-order valence-corrected chi connectivity index (χ0v) is 19.6. The van der Waals surface area contributed by atoms with Crippen LogP contribution in [0.15, 0.2) is 73.3 Å². The zero-order valence-electron chi connectivity index (χ0n) is 17.3. The SMILES string of the molecule is C=C(c1ccccc1NC)N1CCN(c2ccc(Cl)cc2Cl)C(c2ccc(Cl)cc2)C1. The zero-order chi connectivity index (χ0) is 22.0. The van der Waals surface area contributed by atoms with Crippen LogP contribution in [-0.4, -0.2) is 31.6 Å². The summed E-state index contributed by atoms with van der Waals surface area (Å²) in [6, 6.07) is 22.0. The van der Waals surface area contributed by atoms with Crippen LogP contribution in [0.5, 0.6) is 0 Å². The number of rotatable bonds is 5. The van der Waals surface area contributed by atoms with E-state index in [2.05, 4.69) is 46.0 Å². The Balaban J connectivity index is 1.68. The predicted molar refractivity (Wildman–Crippen MR) is 135 cm³/mol. The maximum Gasteiger partial charge on any atom is 0.0718 e. The molecule has 0 amide bonds. The van der Waals surface area contributed by atoms with E-state index in [0.29, 0.717) is 10.0 Å². The molecule has 0 aliphatic carbocycles. The first-order chi connectivity index (χ1) is 15.0. The highest BCUT2D eigenvalue weighted by atomic mass is 35.5. The fourth-order valence-corrected chi connectivity index (χ4v) is 4.77. The summed E-state index contributed by atoms with van der Waals surface area (Å²) >= 11 is 18.9. The Morgan fingerprint density at radius 1 is 0.935 bits per heavy atom. The molecule has 1 saturated heterocycles. The van der Waals surface area contributed by atoms with Crippen molar-refractivity contribution in [3.05, 3.63) is 99.5 Å². The van der Waals surface area contributed by atoms with Gasteiger partial charge >= 0.3 is 0 Å². The quantitative estimate of drug-likeness (QED) is 0.423. The third-order valence-corrected chi connectivity index (χ3v) is 6.53. The van der Waals surface area contributed by atoms with Crippen molar-refractivity contribution in [3.8, 4) is 0 Å². The molecule has 3 aromatic rings. The topological polar surface area (TPSA) is 18.5 Å². The van der Waals surface area contributed by atoms with E-state index in [1.807, 2.05) is 43.4 Å². The van der Waals surface area contributed by atoms with E-state index in [0.717, 1.165) is 47.3 Å². The second-order valence-corrected chi connectivity index (χ2v) is 8.82. The number of nitrogens with one attached hydrogen (secondary N) is 1. The molecule has 160 valence electrons. The third kappa shape index (κ3) is 4.64. The molecule has 0 bridgehead atoms. The molecule has 1 N–H and O–H groups in total. The standard InChI is InChI=1S/C25H24Cl3N3/c1-17(21-5-3-4-6-23(21)29-2)30-13-14-31(24-12-11-20(27)15-22(24)28)25(16-30)18-7-9-19(26)10-8-18/h3-12,15,25,29H,1,13-14,16H2,2H3. The van der Waals surface area contributed by atoms with Gasteiger partial charge in [-0.05, 0) is 42.0 Å². The van der Waals surface area contributed by atoms with Gasteiger partial charge in [0.1, 0.15) is 0 Å². The van der Waals surface area contributed by atoms with Gasteiger partial charge in [0.25, 0.3) is 0 Å². The normalized spacial score (nSPS) is 16.3. The molecule has 6 heteroatoms. The number of hydrogen-bond acceptors (Lipinski definition) is 3. The molecule has 31 heavy (non-hydrogen) atoms. The number of para-hydroxylation sites is 1. The first-order valence-corrected chi connectivity index (χ1v) is 11.3. The second-order valence-electron chi connectivity index (χ2n) is 7.54. The smallest absolute Gasteiger partial charge is 0.0718 e. The molecule has 0 radical (unpaired) electrons. The summed E-state index contributed by atoms with van der Waals surface area (Å²) < 4.78 is 0. The van der Waals surface area contributed by atoms with Crippen molar-refractivity contribution in [3.63, 3.8) is 0 Å². The average Bonchev–Trinajstić information content (AvgIpc) is 2.79. The number of halogens is 3. The lowest BCUT2D eigenvalue weighted by Crippen LogP contribution is -2.47. The van der Waals surface area contributed by atoms with Crippen LogP contribution in [0, 0.1) is 0 Å². The van der Waals surface area contributed by atoms with E-state index >= 15 is 0 Å². The summed E-state index contributed by atoms with van der Waals surface area (Å²) in [6.07, 6.45) is 0. The van der Waals surface area contributed by atoms with E-state index in [1.165, 1.54) is 5.56 Å². The van der Waals surface area contributed by atoms with E-state index in [-0.39, 0.29) is 6.04 Å². The van der Waals surface area contributed by atoms with Crippen LogP contribution in [0.2, 0.25) is 15.1 Å². The van der Waals surface area contributed by atoms with Gasteiger partial charge in [-0.2, -0.15) is 0 Å². The van der Waals surface area contributed by atoms with Gasteiger partial charge in [0.05, 0.1) is 16.8 Å². The van der Waals surface area contributed by atoms with Crippen molar-refractivity contribution in [1.82, 2.24) is 4.90 Å². The monoisotopic (exact) mass is 471 g/mol. The Morgan fingerprint density at radius 2 is 1.65 bits per heavy atom. The summed E-state index contributed by atoms with van der Waals surface area (Å²) in [4.78, 5) is 4.69. The summed E-state index contributed by atoms with van der Waals surface area (Å²) in [7, 11) is 1.93. The van der Waals surface area contributed by atoms with Crippen molar-refractivity contribution in [1.29, 1.82) is 0 Å². The minimum Gasteiger partial charge on any atom is -0.388 e. The predicted octanol–water partition coefficient (Wildman–Crippen LogP) is 7.22. The number of piperazine rings is 1. The van der Waals surface area contributed by atoms with Crippen LogP contribution < -0.4 is 10.2 Å². The summed E-state index contributed by atoms with van der Waals surface area (Å²) in [5.74, 6) is 0. The fourth-order valence-electron chi connectivity index (χ4n) is 4.12. The van der Waals surface area contributed by atoms with Gasteiger partial charge in [0.2, 0.25) is 0 Å². The van der Waals surface area contributed by atoms with Crippen LogP contribution in [-0.2, 0) is 0 Å². The molecule has 1 heterocycles. The van der Waals surface area contributed by atoms with Gasteiger partial charge < -0.3 is 15.1 Å². The van der Waals surface area contributed by atoms with Crippen LogP contribution >= 0.6 is 34.8 Å². The molecule has 0 spiro atoms. The van der Waals surface area contributed by atoms with Gasteiger partial charge in [-0.3, -0.25) is 0 Å². The lowest BCUT2D eigenvalue weighted by atomic mass is 9.99. The number of hydrogen-bond donors (Lipinski definition) is 1. The van der Waals surface area contributed by atoms with E-state index in [1.54, 1.807) is 6.07 Å². The van der Waals surface area contributed by atoms with Crippen molar-refractivity contribution in [2.45, 2.75) is 6.04 Å². The molecule has 1 aliphatic heterocycles. The molecular formula is C25H24Cl3N3. The Hall–Kier alpha value is -2.33. The molecule has 1 atom stereocenters. The molecule has 3 aromatic carbocycles. The first-order valence-electron chi connectivity index (χ1n) is 10.2. The average molecular weight is 473 g/mol. The van der Waals surface area contributed by atoms with Crippen molar-refractivity contribution in [2.75, 3.05) is 36.9 Å². The molecule has 1 fully saturated rings. The fraction of sp³-hybridized carbons (Fsp3) is 0.200. The maximum absolute atomic E-state index is 6.59. The minimum absolute atomic E-state index is 0.0863. The lowest BCUT2D eigenvalue weighted by molar-refractivity contribution is 0.316. The third-order valence-electron chi connectivity index (χ3n) is 5.74. The number of benzene rings is 3. The van der Waals surface area contributed by atoms with Crippen molar-refractivity contribution < 1.29 is 0 Å². The molecule has 4 rings (SSSR count). The molecule has 1 unspecified atom stereocenters. The van der Waals surface area contributed by atoms with Crippen molar-refractivity contribution in [2.24, 2.45) is 0 Å². The summed E-state index contributed by atoms with van der Waals surface area (Å²) in [5.41, 5.74) is 5.34. The number of nitrogens with zero attached hydrogens (tertiary/aromatic N) is 2. The van der Waals surface area contributed by atoms with E-state index < -0.39 is 0 Å².